The summed E-state index contributed by atoms with van der Waals surface area (Å²) in [5, 5.41) is 22.5. The fraction of sp³-hybridized carbons (Fsp3) is 0.333. The zero-order chi connectivity index (χ0) is 26.2. The van der Waals surface area contributed by atoms with Crippen LogP contribution in [-0.4, -0.2) is 65.6 Å². The van der Waals surface area contributed by atoms with Crippen LogP contribution in [0.15, 0.2) is 41.3 Å². The van der Waals surface area contributed by atoms with Crippen molar-refractivity contribution in [3.63, 3.8) is 0 Å². The number of hydrogen-bond acceptors (Lipinski definition) is 8. The number of pyridine rings is 1. The van der Waals surface area contributed by atoms with Crippen LogP contribution in [0.4, 0.5) is 11.5 Å². The maximum atomic E-state index is 13.3. The normalized spacial score (nSPS) is 15.4. The number of carbonyl (C=O) groups is 1. The summed E-state index contributed by atoms with van der Waals surface area (Å²) in [5.41, 5.74) is 1.64. The lowest BCUT2D eigenvalue weighted by atomic mass is 10.1. The molecule has 2 aromatic heterocycles. The molecular formula is C24H26N6O5S. The number of aryl methyl sites for hydroxylation is 1. The predicted molar refractivity (Wildman–Crippen MR) is 135 cm³/mol. The van der Waals surface area contributed by atoms with Gasteiger partial charge in [0.25, 0.3) is 5.56 Å². The Bertz CT molecular complexity index is 1550. The molecule has 11 nitrogen and oxygen atoms in total. The Morgan fingerprint density at radius 1 is 1.22 bits per heavy atom. The zero-order valence-corrected chi connectivity index (χ0v) is 20.9. The van der Waals surface area contributed by atoms with E-state index in [2.05, 4.69) is 5.32 Å². The van der Waals surface area contributed by atoms with Crippen LogP contribution in [0.3, 0.4) is 0 Å². The Kier molecular flexibility index (Phi) is 6.71. The SMILES string of the molecule is Cc1cc([C@@H](C)Nc2ccccc2C(=O)O)c2nc(N3CCN(S(C)(=O)=O)CC3)c(C#N)c(=O)n2c1. The van der Waals surface area contributed by atoms with Gasteiger partial charge in [-0.2, -0.15) is 9.57 Å². The minimum Gasteiger partial charge on any atom is -0.478 e. The van der Waals surface area contributed by atoms with Crippen LogP contribution >= 0.6 is 0 Å². The van der Waals surface area contributed by atoms with Gasteiger partial charge in [0.2, 0.25) is 10.0 Å². The molecule has 0 spiro atoms. The number of para-hydroxylation sites is 1. The number of fused-ring (bicyclic) bond motifs is 1. The number of piperazine rings is 1. The molecule has 4 rings (SSSR count). The van der Waals surface area contributed by atoms with E-state index in [0.29, 0.717) is 16.9 Å². The van der Waals surface area contributed by atoms with Crippen LogP contribution in [0, 0.1) is 18.3 Å². The number of carboxylic acid groups (broad SMARTS) is 1. The summed E-state index contributed by atoms with van der Waals surface area (Å²) >= 11 is 0. The summed E-state index contributed by atoms with van der Waals surface area (Å²) in [7, 11) is -3.35. The molecule has 0 amide bonds. The summed E-state index contributed by atoms with van der Waals surface area (Å²) in [5.74, 6) is -0.859. The molecule has 1 atom stereocenters. The summed E-state index contributed by atoms with van der Waals surface area (Å²) in [6, 6.07) is 9.93. The zero-order valence-electron chi connectivity index (χ0n) is 20.1. The van der Waals surface area contributed by atoms with E-state index in [4.69, 9.17) is 4.98 Å². The topological polar surface area (TPSA) is 148 Å². The third-order valence-electron chi connectivity index (χ3n) is 6.19. The van der Waals surface area contributed by atoms with Crippen LogP contribution in [0.1, 0.15) is 40.0 Å². The predicted octanol–water partition coefficient (Wildman–Crippen LogP) is 1.83. The summed E-state index contributed by atoms with van der Waals surface area (Å²) in [6.07, 6.45) is 2.76. The van der Waals surface area contributed by atoms with Gasteiger partial charge in [0.15, 0.2) is 11.4 Å². The highest BCUT2D eigenvalue weighted by atomic mass is 32.2. The lowest BCUT2D eigenvalue weighted by molar-refractivity contribution is 0.0698. The van der Waals surface area contributed by atoms with Crippen molar-refractivity contribution < 1.29 is 18.3 Å². The van der Waals surface area contributed by atoms with Crippen LogP contribution in [0.2, 0.25) is 0 Å². The number of aromatic nitrogens is 2. The van der Waals surface area contributed by atoms with Crippen molar-refractivity contribution >= 4 is 33.1 Å². The number of benzene rings is 1. The molecule has 1 aliphatic heterocycles. The Morgan fingerprint density at radius 3 is 2.50 bits per heavy atom. The van der Waals surface area contributed by atoms with Crippen LogP contribution in [-0.2, 0) is 10.0 Å². The lowest BCUT2D eigenvalue weighted by Crippen LogP contribution is -2.49. The molecule has 2 N–H and O–H groups in total. The molecule has 3 aromatic rings. The van der Waals surface area contributed by atoms with E-state index >= 15 is 0 Å². The number of nitriles is 1. The van der Waals surface area contributed by atoms with Gasteiger partial charge in [-0.25, -0.2) is 18.2 Å². The monoisotopic (exact) mass is 510 g/mol. The first kappa shape index (κ1) is 25.2. The Labute approximate surface area is 208 Å². The number of aromatic carboxylic acids is 1. The first-order valence-electron chi connectivity index (χ1n) is 11.3. The highest BCUT2D eigenvalue weighted by Gasteiger charge is 2.28. The average Bonchev–Trinajstić information content (AvgIpc) is 2.83. The Balaban J connectivity index is 1.80. The third kappa shape index (κ3) is 4.75. The number of anilines is 2. The van der Waals surface area contributed by atoms with Crippen molar-refractivity contribution in [2.24, 2.45) is 0 Å². The molecule has 188 valence electrons. The van der Waals surface area contributed by atoms with Gasteiger partial charge in [-0.3, -0.25) is 9.20 Å². The molecular weight excluding hydrogens is 484 g/mol. The fourth-order valence-electron chi connectivity index (χ4n) is 4.38. The fourth-order valence-corrected chi connectivity index (χ4v) is 5.21. The highest BCUT2D eigenvalue weighted by Crippen LogP contribution is 2.27. The molecule has 0 saturated carbocycles. The van der Waals surface area contributed by atoms with E-state index in [9.17, 15) is 28.4 Å². The van der Waals surface area contributed by atoms with Crippen molar-refractivity contribution in [2.75, 3.05) is 42.7 Å². The van der Waals surface area contributed by atoms with E-state index < -0.39 is 27.6 Å². The number of nitrogens with one attached hydrogen (secondary N) is 1. The Morgan fingerprint density at radius 2 is 1.89 bits per heavy atom. The van der Waals surface area contributed by atoms with E-state index in [-0.39, 0.29) is 43.1 Å². The standard InChI is InChI=1S/C24H26N6O5S/c1-15-12-18(16(2)26-20-7-5-4-6-17(20)24(32)33)22-27-21(19(13-25)23(31)30(22)14-15)28-8-10-29(11-9-28)36(3,34)35/h4-7,12,14,16,26H,8-11H2,1-3H3,(H,32,33)/t16-/m1/s1. The minimum absolute atomic E-state index is 0.114. The number of carboxylic acids is 1. The van der Waals surface area contributed by atoms with Gasteiger partial charge in [0.05, 0.1) is 17.9 Å². The van der Waals surface area contributed by atoms with Gasteiger partial charge < -0.3 is 15.3 Å². The largest absolute Gasteiger partial charge is 0.478 e. The van der Waals surface area contributed by atoms with E-state index in [0.717, 1.165) is 11.8 Å². The van der Waals surface area contributed by atoms with E-state index in [1.165, 1.54) is 14.8 Å². The van der Waals surface area contributed by atoms with E-state index in [1.54, 1.807) is 29.3 Å². The van der Waals surface area contributed by atoms with Crippen LogP contribution in [0.25, 0.3) is 5.65 Å². The smallest absolute Gasteiger partial charge is 0.337 e. The molecule has 0 aliphatic carbocycles. The summed E-state index contributed by atoms with van der Waals surface area (Å²) in [6.45, 7) is 4.65. The number of hydrogen-bond donors (Lipinski definition) is 2. The van der Waals surface area contributed by atoms with Gasteiger partial charge in [0, 0.05) is 43.6 Å². The number of rotatable bonds is 6. The second-order valence-corrected chi connectivity index (χ2v) is 10.7. The van der Waals surface area contributed by atoms with Crippen molar-refractivity contribution in [3.8, 4) is 6.07 Å². The summed E-state index contributed by atoms with van der Waals surface area (Å²) in [4.78, 5) is 31.5. The second kappa shape index (κ2) is 9.60. The lowest BCUT2D eigenvalue weighted by Gasteiger charge is -2.34. The second-order valence-electron chi connectivity index (χ2n) is 8.76. The molecule has 1 fully saturated rings. The van der Waals surface area contributed by atoms with Crippen molar-refractivity contribution in [1.29, 1.82) is 5.26 Å². The van der Waals surface area contributed by atoms with Crippen molar-refractivity contribution in [1.82, 2.24) is 13.7 Å². The first-order valence-corrected chi connectivity index (χ1v) is 13.1. The number of nitrogens with zero attached hydrogens (tertiary/aromatic N) is 5. The molecule has 36 heavy (non-hydrogen) atoms. The highest BCUT2D eigenvalue weighted by molar-refractivity contribution is 7.88. The van der Waals surface area contributed by atoms with Crippen molar-refractivity contribution in [3.05, 3.63) is 69.1 Å². The van der Waals surface area contributed by atoms with Crippen LogP contribution < -0.4 is 15.8 Å². The molecule has 1 saturated heterocycles. The quantitative estimate of drug-likeness (QED) is 0.506. The molecule has 3 heterocycles. The van der Waals surface area contributed by atoms with E-state index in [1.807, 2.05) is 26.0 Å². The molecule has 1 aromatic carbocycles. The Hall–Kier alpha value is -3.95. The van der Waals surface area contributed by atoms with Gasteiger partial charge in [-0.1, -0.05) is 12.1 Å². The average molecular weight is 511 g/mol. The molecule has 1 aliphatic rings. The summed E-state index contributed by atoms with van der Waals surface area (Å²) < 4.78 is 26.5. The van der Waals surface area contributed by atoms with Gasteiger partial charge in [0.1, 0.15) is 11.7 Å². The van der Waals surface area contributed by atoms with Crippen LogP contribution in [0.5, 0.6) is 0 Å². The van der Waals surface area contributed by atoms with Gasteiger partial charge in [-0.05, 0) is 37.6 Å². The minimum atomic E-state index is -3.35. The molecule has 0 unspecified atom stereocenters. The number of sulfonamides is 1. The first-order chi connectivity index (χ1) is 17.0. The third-order valence-corrected chi connectivity index (χ3v) is 7.49. The molecule has 0 radical (unpaired) electrons. The van der Waals surface area contributed by atoms with Gasteiger partial charge in [-0.15, -0.1) is 0 Å². The maximum absolute atomic E-state index is 13.3. The maximum Gasteiger partial charge on any atom is 0.337 e. The van der Waals surface area contributed by atoms with Gasteiger partial charge >= 0.3 is 5.97 Å². The van der Waals surface area contributed by atoms with Crippen molar-refractivity contribution in [2.45, 2.75) is 19.9 Å². The molecule has 12 heteroatoms. The molecule has 0 bridgehead atoms.